The molecule has 0 atom stereocenters. The molecule has 2 nitrogen and oxygen atoms in total. The smallest absolute Gasteiger partial charge is 1.00 e. The summed E-state index contributed by atoms with van der Waals surface area (Å²) in [4.78, 5) is 5.23. The van der Waals surface area contributed by atoms with E-state index >= 15 is 0 Å². The van der Waals surface area contributed by atoms with Gasteiger partial charge in [0.05, 0.1) is 0 Å². The van der Waals surface area contributed by atoms with Crippen LogP contribution in [-0.2, 0) is 22.6 Å². The number of halogens is 2. The summed E-state index contributed by atoms with van der Waals surface area (Å²) in [6.45, 7) is 15.5. The van der Waals surface area contributed by atoms with Crippen LogP contribution in [0.15, 0.2) is 54.6 Å². The van der Waals surface area contributed by atoms with Crippen LogP contribution < -0.4 is 34.6 Å². The van der Waals surface area contributed by atoms with Gasteiger partial charge in [-0.15, -0.1) is 0 Å². The Morgan fingerprint density at radius 2 is 0.906 bits per heavy atom. The van der Waals surface area contributed by atoms with E-state index in [2.05, 4.69) is 111 Å². The molecule has 3 aromatic rings. The maximum atomic E-state index is 2.61. The predicted octanol–water partition coefficient (Wildman–Crippen LogP) is 6.55. The molecule has 3 saturated carbocycles. The van der Waals surface area contributed by atoms with Crippen molar-refractivity contribution in [2.75, 3.05) is 22.9 Å². The Hall–Kier alpha value is -1.37. The first-order valence-corrected chi connectivity index (χ1v) is 24.0. The monoisotopic (exact) mass is 862 g/mol. The third kappa shape index (κ3) is 11.6. The minimum Gasteiger partial charge on any atom is -1.00 e. The fraction of sp³-hybridized carbons (Fsp3) is 0.574. The van der Waals surface area contributed by atoms with Gasteiger partial charge in [-0.1, -0.05) is 65.7 Å². The second-order valence-corrected chi connectivity index (χ2v) is 21.4. The van der Waals surface area contributed by atoms with Crippen molar-refractivity contribution in [1.29, 1.82) is 0 Å². The first kappa shape index (κ1) is 44.3. The molecule has 1 heterocycles. The van der Waals surface area contributed by atoms with Crippen LogP contribution >= 0.6 is 7.92 Å². The molecule has 0 aromatic heterocycles. The van der Waals surface area contributed by atoms with E-state index in [0.717, 1.165) is 19.5 Å². The second-order valence-electron chi connectivity index (χ2n) is 16.3. The summed E-state index contributed by atoms with van der Waals surface area (Å²) in [6, 6.07) is 20.1. The molecule has 0 unspecified atom stereocenters. The zero-order valence-electron chi connectivity index (χ0n) is 33.7. The van der Waals surface area contributed by atoms with Gasteiger partial charge in [-0.05, 0) is 55.5 Å². The molecule has 0 bridgehead atoms. The van der Waals surface area contributed by atoms with E-state index in [1.165, 1.54) is 90.9 Å². The van der Waals surface area contributed by atoms with Crippen LogP contribution in [-0.4, -0.2) is 39.0 Å². The van der Waals surface area contributed by atoms with Gasteiger partial charge in [-0.3, -0.25) is 0 Å². The molecule has 0 radical (unpaired) electrons. The van der Waals surface area contributed by atoms with Gasteiger partial charge in [-0.25, -0.2) is 0 Å². The van der Waals surface area contributed by atoms with Crippen molar-refractivity contribution >= 4 is 28.3 Å². The number of nitrogens with zero attached hydrogens (tertiary/aromatic N) is 2. The normalized spacial score (nSPS) is 18.6. The molecule has 0 N–H and O–H groups in total. The summed E-state index contributed by atoms with van der Waals surface area (Å²) in [5.74, 6) is 0. The number of rotatable bonds is 7. The van der Waals surface area contributed by atoms with Gasteiger partial charge >= 0.3 is 201 Å². The van der Waals surface area contributed by atoms with Crippen LogP contribution in [0, 0.1) is 41.5 Å². The molecular weight excluding hydrogens is 795 g/mol. The second kappa shape index (κ2) is 21.8. The van der Waals surface area contributed by atoms with Crippen molar-refractivity contribution in [3.05, 3.63) is 93.5 Å². The molecule has 6 heteroatoms. The van der Waals surface area contributed by atoms with Gasteiger partial charge in [0.1, 0.15) is 0 Å². The molecule has 4 aliphatic rings. The predicted molar refractivity (Wildman–Crippen MR) is 225 cm³/mol. The average Bonchev–Trinajstić information content (AvgIpc) is 3.52. The summed E-state index contributed by atoms with van der Waals surface area (Å²) in [6.07, 6.45) is 24.6. The van der Waals surface area contributed by atoms with E-state index < -0.39 is 0 Å². The van der Waals surface area contributed by atoms with Crippen molar-refractivity contribution in [3.8, 4) is 0 Å². The zero-order chi connectivity index (χ0) is 35.7. The molecule has 4 fully saturated rings. The molecule has 292 valence electrons. The van der Waals surface area contributed by atoms with E-state index in [0.29, 0.717) is 7.92 Å². The zero-order valence-corrected chi connectivity index (χ0v) is 37.8. The summed E-state index contributed by atoms with van der Waals surface area (Å²) in [5, 5.41) is 0. The Labute approximate surface area is 344 Å². The van der Waals surface area contributed by atoms with Crippen LogP contribution in [0.5, 0.6) is 0 Å². The first-order valence-electron chi connectivity index (χ1n) is 20.6. The van der Waals surface area contributed by atoms with Crippen molar-refractivity contribution in [1.82, 2.24) is 0 Å². The SMILES string of the molecule is C1CCC(P(C2CCCCC2)C2CCCCC2)CC1.Cc1cc(C)c(N2CCN(c3c(C)cc(C)cc3C)[C]2=[Ru+2]=[CH]Cc2ccccc2)c(C)c1.[Cl-].[Cl-]. The van der Waals surface area contributed by atoms with E-state index in [1.54, 1.807) is 77.0 Å². The maximum Gasteiger partial charge on any atom is -1.00 e. The van der Waals surface area contributed by atoms with E-state index in [4.69, 9.17) is 0 Å². The Morgan fingerprint density at radius 3 is 1.26 bits per heavy atom. The first-order chi connectivity index (χ1) is 24.8. The van der Waals surface area contributed by atoms with Gasteiger partial charge in [-0.2, -0.15) is 0 Å². The fourth-order valence-corrected chi connectivity index (χ4v) is 17.0. The van der Waals surface area contributed by atoms with Gasteiger partial charge < -0.3 is 24.8 Å². The standard InChI is InChI=1S/C21H26N2.C18H33P.C8H8.2ClH.Ru/c1-14-9-16(3)20(17(4)10-14)22-7-8-23(13-22)21-18(5)11-15(2)12-19(21)6;1-4-10-16(11-5-1)19(17-12-6-2-7-13-17)18-14-8-3-9-15-18;1-2-8-6-4-3-5-7-8;;;/h9-12H,7-8H2,1-6H3;16-18H,1-15H2;1,3-7H,2H2;2*1H;/q;;;;;+2/p-2. The fourth-order valence-electron chi connectivity index (χ4n) is 10.1. The number of aryl methyl sites for hydroxylation is 6. The van der Waals surface area contributed by atoms with Crippen LogP contribution in [0.1, 0.15) is 135 Å². The van der Waals surface area contributed by atoms with Crippen molar-refractivity contribution in [2.24, 2.45) is 0 Å². The average molecular weight is 863 g/mol. The summed E-state index contributed by atoms with van der Waals surface area (Å²) in [5.41, 5.74) is 16.0. The molecule has 3 aliphatic carbocycles. The summed E-state index contributed by atoms with van der Waals surface area (Å²) in [7, 11) is 0.385. The molecule has 3 aromatic carbocycles. The van der Waals surface area contributed by atoms with Crippen LogP contribution in [0.2, 0.25) is 0 Å². The molecule has 1 aliphatic heterocycles. The van der Waals surface area contributed by atoms with Crippen LogP contribution in [0.25, 0.3) is 0 Å². The maximum absolute atomic E-state index is 2.61. The Bertz CT molecular complexity index is 1490. The van der Waals surface area contributed by atoms with Gasteiger partial charge in [0, 0.05) is 0 Å². The quantitative estimate of drug-likeness (QED) is 0.197. The molecular formula is C47H67Cl2N2PRu. The number of hydrogen-bond donors (Lipinski definition) is 0. The topological polar surface area (TPSA) is 6.48 Å². The third-order valence-electron chi connectivity index (χ3n) is 12.1. The summed E-state index contributed by atoms with van der Waals surface area (Å²) >= 11 is -0.0394. The summed E-state index contributed by atoms with van der Waals surface area (Å²) < 4.78 is 4.01. The minimum atomic E-state index is -0.0394. The van der Waals surface area contributed by atoms with E-state index in [9.17, 15) is 0 Å². The number of benzene rings is 3. The van der Waals surface area contributed by atoms with Crippen molar-refractivity contribution in [2.45, 2.75) is 161 Å². The van der Waals surface area contributed by atoms with E-state index in [-0.39, 0.29) is 41.0 Å². The van der Waals surface area contributed by atoms with Crippen molar-refractivity contribution < 1.29 is 41.0 Å². The van der Waals surface area contributed by atoms with Crippen molar-refractivity contribution in [3.63, 3.8) is 0 Å². The Morgan fingerprint density at radius 1 is 0.547 bits per heavy atom. The third-order valence-corrected chi connectivity index (χ3v) is 18.3. The van der Waals surface area contributed by atoms with Gasteiger partial charge in [0.25, 0.3) is 0 Å². The molecule has 1 saturated heterocycles. The van der Waals surface area contributed by atoms with Gasteiger partial charge in [0.15, 0.2) is 0 Å². The molecule has 7 rings (SSSR count). The molecule has 53 heavy (non-hydrogen) atoms. The van der Waals surface area contributed by atoms with Crippen LogP contribution in [0.4, 0.5) is 11.4 Å². The number of anilines is 2. The largest absolute Gasteiger partial charge is 1.00 e. The van der Waals surface area contributed by atoms with Gasteiger partial charge in [0.2, 0.25) is 0 Å². The Kier molecular flexibility index (Phi) is 18.2. The number of hydrogen-bond acceptors (Lipinski definition) is 2. The Balaban J connectivity index is 0.000000256. The van der Waals surface area contributed by atoms with Crippen LogP contribution in [0.3, 0.4) is 0 Å². The molecule has 0 spiro atoms. The molecule has 0 amide bonds. The minimum absolute atomic E-state index is 0. The van der Waals surface area contributed by atoms with E-state index in [1.807, 2.05) is 0 Å².